The first kappa shape index (κ1) is 16.9. The van der Waals surface area contributed by atoms with Gasteiger partial charge in [0.25, 0.3) is 0 Å². The Morgan fingerprint density at radius 2 is 2.05 bits per heavy atom. The van der Waals surface area contributed by atoms with Crippen LogP contribution in [0.2, 0.25) is 0 Å². The third kappa shape index (κ3) is 5.05. The molecule has 1 aromatic heterocycles. The lowest BCUT2D eigenvalue weighted by Gasteiger charge is -2.33. The highest BCUT2D eigenvalue weighted by molar-refractivity contribution is 6.16. The second-order valence-corrected chi connectivity index (χ2v) is 6.65. The number of rotatable bonds is 3. The van der Waals surface area contributed by atoms with Crippen LogP contribution in [0.5, 0.6) is 5.88 Å². The molecule has 2 rings (SSSR count). The number of pyridine rings is 1. The van der Waals surface area contributed by atoms with Crippen molar-refractivity contribution in [2.45, 2.75) is 51.2 Å². The number of hydrogen-bond donors (Lipinski definition) is 0. The van der Waals surface area contributed by atoms with Gasteiger partial charge in [-0.1, -0.05) is 6.07 Å². The summed E-state index contributed by atoms with van der Waals surface area (Å²) in [5.41, 5.74) is 0.335. The maximum atomic E-state index is 12.0. The Kier molecular flexibility index (Phi) is 5.51. The fourth-order valence-electron chi connectivity index (χ4n) is 2.25. The number of halogens is 1. The predicted molar refractivity (Wildman–Crippen MR) is 85.3 cm³/mol. The average Bonchev–Trinajstić information content (AvgIpc) is 2.46. The largest absolute Gasteiger partial charge is 0.474 e. The van der Waals surface area contributed by atoms with E-state index in [1.165, 1.54) is 0 Å². The molecule has 0 atom stereocenters. The first-order valence-electron chi connectivity index (χ1n) is 7.54. The normalized spacial score (nSPS) is 16.5. The third-order valence-corrected chi connectivity index (χ3v) is 3.57. The molecule has 0 saturated carbocycles. The van der Waals surface area contributed by atoms with Crippen LogP contribution in [0.3, 0.4) is 0 Å². The Hall–Kier alpha value is -1.49. The van der Waals surface area contributed by atoms with E-state index in [-0.39, 0.29) is 12.2 Å². The minimum Gasteiger partial charge on any atom is -0.474 e. The Morgan fingerprint density at radius 3 is 2.64 bits per heavy atom. The number of carbonyl (C=O) groups is 1. The van der Waals surface area contributed by atoms with Crippen molar-refractivity contribution in [1.82, 2.24) is 9.88 Å². The Balaban J connectivity index is 1.83. The van der Waals surface area contributed by atoms with Gasteiger partial charge in [-0.2, -0.15) is 0 Å². The number of carbonyl (C=O) groups excluding carboxylic acids is 1. The van der Waals surface area contributed by atoms with Crippen LogP contribution in [-0.4, -0.2) is 40.8 Å². The molecular formula is C16H23ClN2O3. The van der Waals surface area contributed by atoms with E-state index in [9.17, 15) is 4.79 Å². The monoisotopic (exact) mass is 326 g/mol. The highest BCUT2D eigenvalue weighted by atomic mass is 35.5. The summed E-state index contributed by atoms with van der Waals surface area (Å²) in [6.45, 7) is 6.88. The lowest BCUT2D eigenvalue weighted by atomic mass is 10.1. The minimum absolute atomic E-state index is 0.0664. The van der Waals surface area contributed by atoms with Gasteiger partial charge in [-0.15, -0.1) is 11.6 Å². The van der Waals surface area contributed by atoms with Crippen LogP contribution >= 0.6 is 11.6 Å². The maximum absolute atomic E-state index is 12.0. The molecule has 5 nitrogen and oxygen atoms in total. The zero-order valence-corrected chi connectivity index (χ0v) is 14.1. The number of alkyl halides is 1. The molecule has 0 aromatic carbocycles. The van der Waals surface area contributed by atoms with Crippen LogP contribution in [0.1, 0.15) is 39.3 Å². The molecule has 0 radical (unpaired) electrons. The van der Waals surface area contributed by atoms with Gasteiger partial charge in [0.1, 0.15) is 11.7 Å². The topological polar surface area (TPSA) is 51.7 Å². The van der Waals surface area contributed by atoms with Crippen molar-refractivity contribution in [2.75, 3.05) is 13.1 Å². The average molecular weight is 327 g/mol. The number of piperidine rings is 1. The smallest absolute Gasteiger partial charge is 0.410 e. The first-order valence-corrected chi connectivity index (χ1v) is 8.07. The van der Waals surface area contributed by atoms with Crippen molar-refractivity contribution in [3.05, 3.63) is 23.9 Å². The van der Waals surface area contributed by atoms with E-state index in [1.807, 2.05) is 39.0 Å². The molecule has 0 bridgehead atoms. The lowest BCUT2D eigenvalue weighted by Crippen LogP contribution is -2.44. The zero-order valence-electron chi connectivity index (χ0n) is 13.3. The summed E-state index contributed by atoms with van der Waals surface area (Å²) in [7, 11) is 0. The second kappa shape index (κ2) is 7.18. The van der Waals surface area contributed by atoms with Crippen molar-refractivity contribution in [2.24, 2.45) is 0 Å². The third-order valence-electron chi connectivity index (χ3n) is 3.30. The lowest BCUT2D eigenvalue weighted by molar-refractivity contribution is 0.0123. The fraction of sp³-hybridized carbons (Fsp3) is 0.625. The van der Waals surface area contributed by atoms with Crippen LogP contribution in [-0.2, 0) is 10.6 Å². The zero-order chi connectivity index (χ0) is 16.2. The molecule has 1 aliphatic rings. The van der Waals surface area contributed by atoms with E-state index < -0.39 is 5.60 Å². The van der Waals surface area contributed by atoms with E-state index in [2.05, 4.69) is 4.98 Å². The summed E-state index contributed by atoms with van der Waals surface area (Å²) in [6, 6.07) is 5.58. The Labute approximate surface area is 136 Å². The van der Waals surface area contributed by atoms with Crippen molar-refractivity contribution < 1.29 is 14.3 Å². The molecule has 6 heteroatoms. The molecule has 0 aliphatic carbocycles. The van der Waals surface area contributed by atoms with Crippen LogP contribution in [0.25, 0.3) is 0 Å². The number of ether oxygens (including phenoxy) is 2. The van der Waals surface area contributed by atoms with Gasteiger partial charge in [0, 0.05) is 32.0 Å². The van der Waals surface area contributed by atoms with Crippen LogP contribution in [0.4, 0.5) is 4.79 Å². The van der Waals surface area contributed by atoms with Crippen molar-refractivity contribution in [3.63, 3.8) is 0 Å². The van der Waals surface area contributed by atoms with Gasteiger partial charge in [-0.05, 0) is 26.8 Å². The summed E-state index contributed by atoms with van der Waals surface area (Å²) in [5, 5.41) is 0. The van der Waals surface area contributed by atoms with Crippen molar-refractivity contribution in [3.8, 4) is 5.88 Å². The molecule has 1 saturated heterocycles. The van der Waals surface area contributed by atoms with Gasteiger partial charge >= 0.3 is 6.09 Å². The van der Waals surface area contributed by atoms with E-state index >= 15 is 0 Å². The number of aromatic nitrogens is 1. The van der Waals surface area contributed by atoms with Gasteiger partial charge in [0.15, 0.2) is 0 Å². The minimum atomic E-state index is -0.462. The summed E-state index contributed by atoms with van der Waals surface area (Å²) >= 11 is 5.77. The van der Waals surface area contributed by atoms with Gasteiger partial charge in [0.05, 0.1) is 11.6 Å². The highest BCUT2D eigenvalue weighted by Crippen LogP contribution is 2.20. The van der Waals surface area contributed by atoms with Crippen LogP contribution in [0.15, 0.2) is 18.2 Å². The van der Waals surface area contributed by atoms with E-state index in [0.717, 1.165) is 18.5 Å². The Morgan fingerprint density at radius 1 is 1.36 bits per heavy atom. The molecule has 1 aromatic rings. The molecular weight excluding hydrogens is 304 g/mol. The van der Waals surface area contributed by atoms with Gasteiger partial charge < -0.3 is 14.4 Å². The molecule has 2 heterocycles. The predicted octanol–water partition coefficient (Wildman–Crippen LogP) is 3.60. The number of amides is 1. The SMILES string of the molecule is CC(C)(C)OC(=O)N1CCC(Oc2cccc(CCl)n2)CC1. The number of likely N-dealkylation sites (tertiary alicyclic amines) is 1. The van der Waals surface area contributed by atoms with E-state index in [1.54, 1.807) is 4.90 Å². The van der Waals surface area contributed by atoms with E-state index in [0.29, 0.717) is 24.8 Å². The van der Waals surface area contributed by atoms with Crippen LogP contribution < -0.4 is 4.74 Å². The Bertz CT molecular complexity index is 508. The summed E-state index contributed by atoms with van der Waals surface area (Å²) in [5.74, 6) is 0.961. The van der Waals surface area contributed by atoms with Gasteiger partial charge in [0.2, 0.25) is 5.88 Å². The molecule has 0 spiro atoms. The van der Waals surface area contributed by atoms with Crippen molar-refractivity contribution in [1.29, 1.82) is 0 Å². The molecule has 0 unspecified atom stereocenters. The molecule has 22 heavy (non-hydrogen) atoms. The van der Waals surface area contributed by atoms with Crippen LogP contribution in [0, 0.1) is 0 Å². The first-order chi connectivity index (χ1) is 10.4. The standard InChI is InChI=1S/C16H23ClN2O3/c1-16(2,3)22-15(20)19-9-7-13(8-10-19)21-14-6-4-5-12(11-17)18-14/h4-6,13H,7-11H2,1-3H3. The molecule has 1 amide bonds. The molecule has 122 valence electrons. The number of nitrogens with zero attached hydrogens (tertiary/aromatic N) is 2. The quantitative estimate of drug-likeness (QED) is 0.796. The maximum Gasteiger partial charge on any atom is 0.410 e. The molecule has 1 aliphatic heterocycles. The molecule has 0 N–H and O–H groups in total. The fourth-order valence-corrected chi connectivity index (χ4v) is 2.40. The summed E-state index contributed by atoms with van der Waals surface area (Å²) < 4.78 is 11.3. The van der Waals surface area contributed by atoms with Crippen molar-refractivity contribution >= 4 is 17.7 Å². The van der Waals surface area contributed by atoms with Gasteiger partial charge in [-0.3, -0.25) is 0 Å². The second-order valence-electron chi connectivity index (χ2n) is 6.39. The molecule has 1 fully saturated rings. The number of hydrogen-bond acceptors (Lipinski definition) is 4. The highest BCUT2D eigenvalue weighted by Gasteiger charge is 2.27. The summed E-state index contributed by atoms with van der Waals surface area (Å²) in [4.78, 5) is 18.1. The van der Waals surface area contributed by atoms with E-state index in [4.69, 9.17) is 21.1 Å². The summed E-state index contributed by atoms with van der Waals surface area (Å²) in [6.07, 6.45) is 1.35. The van der Waals surface area contributed by atoms with Gasteiger partial charge in [-0.25, -0.2) is 9.78 Å².